The Morgan fingerprint density at radius 2 is 1.82 bits per heavy atom. The van der Waals surface area contributed by atoms with Gasteiger partial charge in [-0.1, -0.05) is 29.8 Å². The normalized spacial score (nSPS) is 10.7. The minimum Gasteiger partial charge on any atom is -0.493 e. The number of anilines is 1. The number of tetrazole rings is 1. The molecule has 0 radical (unpaired) electrons. The molecule has 1 aromatic heterocycles. The van der Waals surface area contributed by atoms with Gasteiger partial charge in [-0.15, -0.1) is 5.10 Å². The van der Waals surface area contributed by atoms with Gasteiger partial charge in [0.05, 0.1) is 18.4 Å². The molecule has 9 nitrogen and oxygen atoms in total. The standard InChI is InChI=1S/C25H25N5O4/c1-16-4-9-20(10-5-16)30-24(27-28-29-30)15-34-22-11-7-18(12-23(22)33-3)14-26-21-13-19(25(31)32)8-6-17(21)2/h4-13,26H,14-15H2,1-3H3,(H,31,32). The molecule has 4 rings (SSSR count). The van der Waals surface area contributed by atoms with Gasteiger partial charge in [-0.05, 0) is 71.8 Å². The average Bonchev–Trinajstić information content (AvgIpc) is 3.31. The fraction of sp³-hybridized carbons (Fsp3) is 0.200. The Labute approximate surface area is 197 Å². The maximum absolute atomic E-state index is 11.2. The molecule has 0 aliphatic rings. The first-order valence-electron chi connectivity index (χ1n) is 10.7. The lowest BCUT2D eigenvalue weighted by atomic mass is 10.1. The van der Waals surface area contributed by atoms with Crippen LogP contribution in [-0.2, 0) is 13.2 Å². The molecule has 0 amide bonds. The van der Waals surface area contributed by atoms with Gasteiger partial charge in [0.15, 0.2) is 23.9 Å². The fourth-order valence-electron chi connectivity index (χ4n) is 3.41. The first kappa shape index (κ1) is 22.8. The van der Waals surface area contributed by atoms with Crippen LogP contribution in [0, 0.1) is 13.8 Å². The molecule has 0 saturated carbocycles. The van der Waals surface area contributed by atoms with Crippen molar-refractivity contribution in [2.75, 3.05) is 12.4 Å². The van der Waals surface area contributed by atoms with Crippen molar-refractivity contribution in [3.05, 3.63) is 88.7 Å². The monoisotopic (exact) mass is 459 g/mol. The molecule has 0 saturated heterocycles. The summed E-state index contributed by atoms with van der Waals surface area (Å²) in [5.74, 6) is 0.739. The molecule has 9 heteroatoms. The van der Waals surface area contributed by atoms with Crippen LogP contribution in [0.3, 0.4) is 0 Å². The lowest BCUT2D eigenvalue weighted by molar-refractivity contribution is 0.0697. The van der Waals surface area contributed by atoms with Gasteiger partial charge in [0.1, 0.15) is 0 Å². The van der Waals surface area contributed by atoms with Crippen LogP contribution in [0.5, 0.6) is 11.5 Å². The van der Waals surface area contributed by atoms with E-state index in [4.69, 9.17) is 9.47 Å². The van der Waals surface area contributed by atoms with E-state index in [9.17, 15) is 9.90 Å². The highest BCUT2D eigenvalue weighted by Gasteiger charge is 2.12. The van der Waals surface area contributed by atoms with Crippen molar-refractivity contribution < 1.29 is 19.4 Å². The number of methoxy groups -OCH3 is 1. The second-order valence-corrected chi connectivity index (χ2v) is 7.80. The molecule has 0 unspecified atom stereocenters. The third-order valence-corrected chi connectivity index (χ3v) is 5.36. The number of ether oxygens (including phenoxy) is 2. The quantitative estimate of drug-likeness (QED) is 0.384. The van der Waals surface area contributed by atoms with E-state index in [1.54, 1.807) is 30.0 Å². The van der Waals surface area contributed by atoms with Crippen molar-refractivity contribution in [2.45, 2.75) is 27.0 Å². The van der Waals surface area contributed by atoms with Crippen molar-refractivity contribution in [2.24, 2.45) is 0 Å². The molecule has 2 N–H and O–H groups in total. The summed E-state index contributed by atoms with van der Waals surface area (Å²) in [6.45, 7) is 4.60. The van der Waals surface area contributed by atoms with Crippen molar-refractivity contribution in [1.29, 1.82) is 0 Å². The minimum absolute atomic E-state index is 0.163. The molecular weight excluding hydrogens is 434 g/mol. The van der Waals surface area contributed by atoms with Crippen molar-refractivity contribution in [3.8, 4) is 17.2 Å². The van der Waals surface area contributed by atoms with Crippen LogP contribution < -0.4 is 14.8 Å². The van der Waals surface area contributed by atoms with Crippen LogP contribution in [0.4, 0.5) is 5.69 Å². The summed E-state index contributed by atoms with van der Waals surface area (Å²) in [6, 6.07) is 18.5. The van der Waals surface area contributed by atoms with Crippen LogP contribution in [0.25, 0.3) is 5.69 Å². The highest BCUT2D eigenvalue weighted by atomic mass is 16.5. The van der Waals surface area contributed by atoms with Gasteiger partial charge in [-0.3, -0.25) is 0 Å². The predicted molar refractivity (Wildman–Crippen MR) is 127 cm³/mol. The van der Waals surface area contributed by atoms with Gasteiger partial charge in [-0.2, -0.15) is 4.68 Å². The van der Waals surface area contributed by atoms with Crippen molar-refractivity contribution in [1.82, 2.24) is 20.2 Å². The summed E-state index contributed by atoms with van der Waals surface area (Å²) < 4.78 is 13.1. The summed E-state index contributed by atoms with van der Waals surface area (Å²) in [7, 11) is 1.58. The van der Waals surface area contributed by atoms with Crippen LogP contribution in [0.15, 0.2) is 60.7 Å². The summed E-state index contributed by atoms with van der Waals surface area (Å²) in [6.07, 6.45) is 0. The first-order valence-corrected chi connectivity index (χ1v) is 10.7. The van der Waals surface area contributed by atoms with E-state index in [2.05, 4.69) is 20.8 Å². The van der Waals surface area contributed by atoms with Crippen LogP contribution in [-0.4, -0.2) is 38.4 Å². The molecule has 0 aliphatic carbocycles. The zero-order valence-electron chi connectivity index (χ0n) is 19.1. The molecule has 0 aliphatic heterocycles. The second-order valence-electron chi connectivity index (χ2n) is 7.80. The van der Waals surface area contributed by atoms with Crippen LogP contribution in [0.2, 0.25) is 0 Å². The van der Waals surface area contributed by atoms with Gasteiger partial charge < -0.3 is 19.9 Å². The van der Waals surface area contributed by atoms with Crippen LogP contribution >= 0.6 is 0 Å². The maximum Gasteiger partial charge on any atom is 0.335 e. The van der Waals surface area contributed by atoms with E-state index >= 15 is 0 Å². The van der Waals surface area contributed by atoms with E-state index in [0.29, 0.717) is 23.9 Å². The Balaban J connectivity index is 1.45. The third kappa shape index (κ3) is 5.15. The van der Waals surface area contributed by atoms with Crippen molar-refractivity contribution in [3.63, 3.8) is 0 Å². The average molecular weight is 460 g/mol. The molecule has 174 valence electrons. The van der Waals surface area contributed by atoms with E-state index in [1.165, 1.54) is 0 Å². The number of aromatic carboxylic acids is 1. The van der Waals surface area contributed by atoms with Crippen molar-refractivity contribution >= 4 is 11.7 Å². The van der Waals surface area contributed by atoms with Gasteiger partial charge in [0.2, 0.25) is 0 Å². The summed E-state index contributed by atoms with van der Waals surface area (Å²) in [4.78, 5) is 11.2. The third-order valence-electron chi connectivity index (χ3n) is 5.36. The maximum atomic E-state index is 11.2. The number of carbonyl (C=O) groups is 1. The number of rotatable bonds is 9. The number of nitrogens with one attached hydrogen (secondary N) is 1. The number of hydrogen-bond acceptors (Lipinski definition) is 7. The molecule has 4 aromatic rings. The Bertz CT molecular complexity index is 1300. The zero-order valence-corrected chi connectivity index (χ0v) is 19.1. The molecule has 3 aromatic carbocycles. The zero-order chi connectivity index (χ0) is 24.1. The highest BCUT2D eigenvalue weighted by Crippen LogP contribution is 2.29. The van der Waals surface area contributed by atoms with Gasteiger partial charge in [0, 0.05) is 12.2 Å². The number of hydrogen-bond donors (Lipinski definition) is 2. The number of aryl methyl sites for hydroxylation is 2. The molecule has 0 bridgehead atoms. The predicted octanol–water partition coefficient (Wildman–Crippen LogP) is 4.18. The first-order chi connectivity index (χ1) is 16.4. The number of benzene rings is 3. The second kappa shape index (κ2) is 10.0. The lowest BCUT2D eigenvalue weighted by Crippen LogP contribution is -2.08. The van der Waals surface area contributed by atoms with Gasteiger partial charge in [0.25, 0.3) is 0 Å². The number of carboxylic acids is 1. The molecule has 1 heterocycles. The highest BCUT2D eigenvalue weighted by molar-refractivity contribution is 5.89. The molecule has 0 atom stereocenters. The van der Waals surface area contributed by atoms with E-state index in [0.717, 1.165) is 28.1 Å². The minimum atomic E-state index is -0.959. The number of carboxylic acid groups (broad SMARTS) is 1. The lowest BCUT2D eigenvalue weighted by Gasteiger charge is -2.14. The van der Waals surface area contributed by atoms with Crippen LogP contribution in [0.1, 0.15) is 32.9 Å². The summed E-state index contributed by atoms with van der Waals surface area (Å²) in [5.41, 5.74) is 4.92. The molecule has 0 fully saturated rings. The largest absolute Gasteiger partial charge is 0.493 e. The number of aromatic nitrogens is 4. The van der Waals surface area contributed by atoms with E-state index < -0.39 is 5.97 Å². The van der Waals surface area contributed by atoms with E-state index in [-0.39, 0.29) is 12.2 Å². The Morgan fingerprint density at radius 1 is 1.03 bits per heavy atom. The molecule has 34 heavy (non-hydrogen) atoms. The Hall–Kier alpha value is -4.40. The summed E-state index contributed by atoms with van der Waals surface area (Å²) in [5, 5.41) is 24.4. The van der Waals surface area contributed by atoms with E-state index in [1.807, 2.05) is 56.3 Å². The molecule has 0 spiro atoms. The Kier molecular flexibility index (Phi) is 6.72. The van der Waals surface area contributed by atoms with Gasteiger partial charge >= 0.3 is 5.97 Å². The SMILES string of the molecule is COc1cc(CNc2cc(C(=O)O)ccc2C)ccc1OCc1nnnn1-c1ccc(C)cc1. The topological polar surface area (TPSA) is 111 Å². The fourth-order valence-corrected chi connectivity index (χ4v) is 3.41. The molecular formula is C25H25N5O4. The number of nitrogens with zero attached hydrogens (tertiary/aromatic N) is 4. The smallest absolute Gasteiger partial charge is 0.335 e. The Morgan fingerprint density at radius 3 is 2.56 bits per heavy atom. The van der Waals surface area contributed by atoms with Gasteiger partial charge in [-0.25, -0.2) is 4.79 Å². The summed E-state index contributed by atoms with van der Waals surface area (Å²) >= 11 is 0.